The third-order valence-corrected chi connectivity index (χ3v) is 3.83. The van der Waals surface area contributed by atoms with Crippen molar-refractivity contribution in [1.29, 1.82) is 0 Å². The minimum atomic E-state index is -0.410. The van der Waals surface area contributed by atoms with Gasteiger partial charge in [-0.2, -0.15) is 0 Å². The topological polar surface area (TPSA) is 58.2 Å². The summed E-state index contributed by atoms with van der Waals surface area (Å²) in [6.45, 7) is 6.37. The molecule has 2 amide bonds. The number of carbonyl (C=O) groups is 2. The summed E-state index contributed by atoms with van der Waals surface area (Å²) in [7, 11) is 0. The Morgan fingerprint density at radius 3 is 2.08 bits per heavy atom. The second-order valence-corrected chi connectivity index (χ2v) is 6.99. The summed E-state index contributed by atoms with van der Waals surface area (Å²) in [5.74, 6) is -0.782. The summed E-state index contributed by atoms with van der Waals surface area (Å²) >= 11 is 5.97. The van der Waals surface area contributed by atoms with Crippen LogP contribution in [0.3, 0.4) is 0 Å². The average molecular weight is 345 g/mol. The fourth-order valence-corrected chi connectivity index (χ4v) is 2.34. The van der Waals surface area contributed by atoms with Gasteiger partial charge in [-0.15, -0.1) is 0 Å². The van der Waals surface area contributed by atoms with Gasteiger partial charge in [-0.1, -0.05) is 56.6 Å². The number of halogens is 1. The summed E-state index contributed by atoms with van der Waals surface area (Å²) in [6.07, 6.45) is -0.272. The van der Waals surface area contributed by atoms with Crippen molar-refractivity contribution in [3.05, 3.63) is 59.1 Å². The van der Waals surface area contributed by atoms with E-state index in [2.05, 4.69) is 31.4 Å². The van der Waals surface area contributed by atoms with Gasteiger partial charge in [-0.05, 0) is 35.2 Å². The van der Waals surface area contributed by atoms with Crippen molar-refractivity contribution in [1.82, 2.24) is 0 Å². The highest BCUT2D eigenvalue weighted by Crippen LogP contribution is 2.23. The first-order chi connectivity index (χ1) is 11.3. The van der Waals surface area contributed by atoms with E-state index in [4.69, 9.17) is 11.6 Å². The molecule has 0 aliphatic rings. The van der Waals surface area contributed by atoms with Crippen LogP contribution in [0.15, 0.2) is 48.5 Å². The Morgan fingerprint density at radius 2 is 1.50 bits per heavy atom. The van der Waals surface area contributed by atoms with Crippen LogP contribution in [0, 0.1) is 0 Å². The first-order valence-electron chi connectivity index (χ1n) is 7.70. The van der Waals surface area contributed by atoms with E-state index >= 15 is 0 Å². The SMILES string of the molecule is CC(C)(C)c1ccc(NC(=O)CC(=O)Nc2ccccc2Cl)cc1. The van der Waals surface area contributed by atoms with Crippen LogP contribution in [0.2, 0.25) is 5.02 Å². The van der Waals surface area contributed by atoms with Gasteiger partial charge in [0.1, 0.15) is 6.42 Å². The molecule has 2 aromatic carbocycles. The largest absolute Gasteiger partial charge is 0.326 e. The Hall–Kier alpha value is -2.33. The lowest BCUT2D eigenvalue weighted by molar-refractivity contribution is -0.123. The Labute approximate surface area is 147 Å². The van der Waals surface area contributed by atoms with Gasteiger partial charge < -0.3 is 10.6 Å². The fourth-order valence-electron chi connectivity index (χ4n) is 2.16. The van der Waals surface area contributed by atoms with Crippen LogP contribution in [-0.2, 0) is 15.0 Å². The van der Waals surface area contributed by atoms with Crippen LogP contribution >= 0.6 is 11.6 Å². The Bertz CT molecular complexity index is 734. The van der Waals surface area contributed by atoms with Crippen LogP contribution < -0.4 is 10.6 Å². The van der Waals surface area contributed by atoms with Crippen LogP contribution in [-0.4, -0.2) is 11.8 Å². The predicted molar refractivity (Wildman–Crippen MR) is 98.5 cm³/mol. The third kappa shape index (κ3) is 5.10. The van der Waals surface area contributed by atoms with E-state index in [9.17, 15) is 9.59 Å². The molecule has 126 valence electrons. The zero-order valence-electron chi connectivity index (χ0n) is 14.0. The molecule has 0 saturated heterocycles. The monoisotopic (exact) mass is 344 g/mol. The third-order valence-electron chi connectivity index (χ3n) is 3.50. The summed E-state index contributed by atoms with van der Waals surface area (Å²) in [4.78, 5) is 23.9. The molecule has 5 heteroatoms. The Kier molecular flexibility index (Phi) is 5.62. The van der Waals surface area contributed by atoms with Crippen LogP contribution in [0.1, 0.15) is 32.8 Å². The highest BCUT2D eigenvalue weighted by Gasteiger charge is 2.14. The van der Waals surface area contributed by atoms with Gasteiger partial charge in [0, 0.05) is 5.69 Å². The molecule has 0 saturated carbocycles. The van der Waals surface area contributed by atoms with Crippen LogP contribution in [0.5, 0.6) is 0 Å². The predicted octanol–water partition coefficient (Wildman–Crippen LogP) is 4.60. The number of anilines is 2. The van der Waals surface area contributed by atoms with Crippen molar-refractivity contribution in [2.24, 2.45) is 0 Å². The molecule has 0 atom stereocenters. The van der Waals surface area contributed by atoms with Crippen molar-refractivity contribution in [3.8, 4) is 0 Å². The smallest absolute Gasteiger partial charge is 0.233 e. The zero-order chi connectivity index (χ0) is 17.7. The first kappa shape index (κ1) is 18.0. The van der Waals surface area contributed by atoms with Gasteiger partial charge in [0.15, 0.2) is 0 Å². The van der Waals surface area contributed by atoms with Gasteiger partial charge in [0.25, 0.3) is 0 Å². The molecule has 2 rings (SSSR count). The van der Waals surface area contributed by atoms with Crippen molar-refractivity contribution in [2.75, 3.05) is 10.6 Å². The van der Waals surface area contributed by atoms with Crippen molar-refractivity contribution in [2.45, 2.75) is 32.6 Å². The van der Waals surface area contributed by atoms with Gasteiger partial charge in [-0.25, -0.2) is 0 Å². The molecule has 4 nitrogen and oxygen atoms in total. The van der Waals surface area contributed by atoms with E-state index in [0.29, 0.717) is 16.4 Å². The van der Waals surface area contributed by atoms with Crippen molar-refractivity contribution < 1.29 is 9.59 Å². The molecule has 0 aromatic heterocycles. The molecule has 0 aliphatic heterocycles. The zero-order valence-corrected chi connectivity index (χ0v) is 14.8. The molecular formula is C19H21ClN2O2. The standard InChI is InChI=1S/C19H21ClN2O2/c1-19(2,3)13-8-10-14(11-9-13)21-17(23)12-18(24)22-16-7-5-4-6-15(16)20/h4-11H,12H2,1-3H3,(H,21,23)(H,22,24). The Morgan fingerprint density at radius 1 is 0.917 bits per heavy atom. The molecule has 2 N–H and O–H groups in total. The summed E-state index contributed by atoms with van der Waals surface area (Å²) in [5, 5.41) is 5.78. The number of amides is 2. The normalized spacial score (nSPS) is 11.0. The molecule has 2 aromatic rings. The van der Waals surface area contributed by atoms with Gasteiger partial charge in [0.2, 0.25) is 11.8 Å². The van der Waals surface area contributed by atoms with Crippen molar-refractivity contribution >= 4 is 34.8 Å². The minimum Gasteiger partial charge on any atom is -0.326 e. The molecule has 0 radical (unpaired) electrons. The molecule has 0 heterocycles. The van der Waals surface area contributed by atoms with Crippen molar-refractivity contribution in [3.63, 3.8) is 0 Å². The molecule has 0 bridgehead atoms. The number of para-hydroxylation sites is 1. The van der Waals surface area contributed by atoms with Gasteiger partial charge in [0.05, 0.1) is 10.7 Å². The number of hydrogen-bond donors (Lipinski definition) is 2. The minimum absolute atomic E-state index is 0.0530. The van der Waals surface area contributed by atoms with E-state index in [1.165, 1.54) is 5.56 Å². The fraction of sp³-hybridized carbons (Fsp3) is 0.263. The van der Waals surface area contributed by atoms with E-state index in [1.807, 2.05) is 24.3 Å². The highest BCUT2D eigenvalue weighted by atomic mass is 35.5. The van der Waals surface area contributed by atoms with E-state index in [1.54, 1.807) is 24.3 Å². The lowest BCUT2D eigenvalue weighted by Gasteiger charge is -2.19. The van der Waals surface area contributed by atoms with E-state index in [-0.39, 0.29) is 17.7 Å². The number of benzene rings is 2. The highest BCUT2D eigenvalue weighted by molar-refractivity contribution is 6.33. The maximum absolute atomic E-state index is 12.0. The molecule has 0 unspecified atom stereocenters. The second-order valence-electron chi connectivity index (χ2n) is 6.58. The summed E-state index contributed by atoms with van der Waals surface area (Å²) < 4.78 is 0. The van der Waals surface area contributed by atoms with Crippen LogP contribution in [0.25, 0.3) is 0 Å². The van der Waals surface area contributed by atoms with E-state index < -0.39 is 5.91 Å². The Balaban J connectivity index is 1.91. The number of carbonyl (C=O) groups excluding carboxylic acids is 2. The molecule has 0 aliphatic carbocycles. The molecule has 0 spiro atoms. The lowest BCUT2D eigenvalue weighted by atomic mass is 9.87. The number of rotatable bonds is 4. The quantitative estimate of drug-likeness (QED) is 0.796. The number of nitrogens with one attached hydrogen (secondary N) is 2. The summed E-state index contributed by atoms with van der Waals surface area (Å²) in [5.41, 5.74) is 2.39. The van der Waals surface area contributed by atoms with Gasteiger partial charge in [-0.3, -0.25) is 9.59 Å². The number of hydrogen-bond acceptors (Lipinski definition) is 2. The summed E-state index contributed by atoms with van der Waals surface area (Å²) in [6, 6.07) is 14.5. The lowest BCUT2D eigenvalue weighted by Crippen LogP contribution is -2.21. The van der Waals surface area contributed by atoms with E-state index in [0.717, 1.165) is 0 Å². The van der Waals surface area contributed by atoms with Gasteiger partial charge >= 0.3 is 0 Å². The second kappa shape index (κ2) is 7.49. The first-order valence-corrected chi connectivity index (χ1v) is 8.08. The maximum Gasteiger partial charge on any atom is 0.233 e. The molecular weight excluding hydrogens is 324 g/mol. The average Bonchev–Trinajstić information content (AvgIpc) is 2.49. The molecule has 0 fully saturated rings. The van der Waals surface area contributed by atoms with Crippen LogP contribution in [0.4, 0.5) is 11.4 Å². The molecule has 24 heavy (non-hydrogen) atoms. The maximum atomic E-state index is 12.0.